The van der Waals surface area contributed by atoms with Crippen LogP contribution in [0.5, 0.6) is 0 Å². The lowest BCUT2D eigenvalue weighted by atomic mass is 10.1. The fourth-order valence-electron chi connectivity index (χ4n) is 2.11. The predicted molar refractivity (Wildman–Crippen MR) is 77.3 cm³/mol. The molecule has 0 spiro atoms. The largest absolute Gasteiger partial charge is 0.316 e. The first-order chi connectivity index (χ1) is 8.96. The van der Waals surface area contributed by atoms with Gasteiger partial charge in [0.1, 0.15) is 10.0 Å². The van der Waals surface area contributed by atoms with E-state index in [1.807, 2.05) is 0 Å². The first-order valence-electron chi connectivity index (χ1n) is 6.69. The van der Waals surface area contributed by atoms with Gasteiger partial charge < -0.3 is 5.32 Å². The SMILES string of the molecule is CC(C)CNCCc1nnc(C2CCS(=O)(=O)C2)s1. The maximum Gasteiger partial charge on any atom is 0.151 e. The Kier molecular flexibility index (Phi) is 4.92. The van der Waals surface area contributed by atoms with Gasteiger partial charge in [0, 0.05) is 18.9 Å². The molecule has 1 atom stereocenters. The van der Waals surface area contributed by atoms with Crippen molar-refractivity contribution in [1.82, 2.24) is 15.5 Å². The van der Waals surface area contributed by atoms with Crippen LogP contribution in [0, 0.1) is 5.92 Å². The zero-order valence-electron chi connectivity index (χ0n) is 11.4. The van der Waals surface area contributed by atoms with Crippen LogP contribution in [-0.2, 0) is 16.3 Å². The van der Waals surface area contributed by atoms with E-state index in [0.29, 0.717) is 18.1 Å². The standard InChI is InChI=1S/C12H21N3O2S2/c1-9(2)7-13-5-3-11-14-15-12(18-11)10-4-6-19(16,17)8-10/h9-10,13H,3-8H2,1-2H3. The Morgan fingerprint density at radius 2 is 2.21 bits per heavy atom. The highest BCUT2D eigenvalue weighted by Gasteiger charge is 2.31. The van der Waals surface area contributed by atoms with Crippen LogP contribution in [-0.4, -0.2) is 43.2 Å². The molecule has 1 saturated heterocycles. The van der Waals surface area contributed by atoms with Gasteiger partial charge in [0.15, 0.2) is 9.84 Å². The number of sulfone groups is 1. The summed E-state index contributed by atoms with van der Waals surface area (Å²) in [6, 6.07) is 0. The fraction of sp³-hybridized carbons (Fsp3) is 0.833. The zero-order chi connectivity index (χ0) is 13.9. The molecular formula is C12H21N3O2S2. The molecule has 1 aromatic heterocycles. The molecular weight excluding hydrogens is 282 g/mol. The summed E-state index contributed by atoms with van der Waals surface area (Å²) in [5, 5.41) is 13.6. The topological polar surface area (TPSA) is 72.0 Å². The van der Waals surface area contributed by atoms with Crippen LogP contribution in [0.4, 0.5) is 0 Å². The Morgan fingerprint density at radius 3 is 2.84 bits per heavy atom. The Hall–Kier alpha value is -0.530. The molecule has 1 aromatic rings. The van der Waals surface area contributed by atoms with Crippen molar-refractivity contribution in [3.05, 3.63) is 10.0 Å². The molecule has 108 valence electrons. The third-order valence-electron chi connectivity index (χ3n) is 3.13. The summed E-state index contributed by atoms with van der Waals surface area (Å²) in [6.07, 6.45) is 1.56. The lowest BCUT2D eigenvalue weighted by molar-refractivity contribution is 0.553. The van der Waals surface area contributed by atoms with Crippen molar-refractivity contribution in [2.24, 2.45) is 5.92 Å². The van der Waals surface area contributed by atoms with E-state index >= 15 is 0 Å². The van der Waals surface area contributed by atoms with E-state index < -0.39 is 9.84 Å². The molecule has 7 heteroatoms. The Balaban J connectivity index is 1.82. The first-order valence-corrected chi connectivity index (χ1v) is 9.33. The van der Waals surface area contributed by atoms with Crippen LogP contribution in [0.25, 0.3) is 0 Å². The van der Waals surface area contributed by atoms with Crippen LogP contribution >= 0.6 is 11.3 Å². The van der Waals surface area contributed by atoms with Crippen LogP contribution in [0.15, 0.2) is 0 Å². The quantitative estimate of drug-likeness (QED) is 0.800. The van der Waals surface area contributed by atoms with Crippen molar-refractivity contribution in [1.29, 1.82) is 0 Å². The molecule has 2 rings (SSSR count). The highest BCUT2D eigenvalue weighted by molar-refractivity contribution is 7.91. The molecule has 1 unspecified atom stereocenters. The Bertz CT molecular complexity index is 511. The molecule has 1 fully saturated rings. The van der Waals surface area contributed by atoms with E-state index in [0.717, 1.165) is 29.5 Å². The number of aromatic nitrogens is 2. The first kappa shape index (κ1) is 14.9. The number of nitrogens with zero attached hydrogens (tertiary/aromatic N) is 2. The van der Waals surface area contributed by atoms with Gasteiger partial charge >= 0.3 is 0 Å². The minimum absolute atomic E-state index is 0.0693. The van der Waals surface area contributed by atoms with Crippen LogP contribution in [0.1, 0.15) is 36.2 Å². The molecule has 1 aliphatic rings. The third-order valence-corrected chi connectivity index (χ3v) is 6.05. The van der Waals surface area contributed by atoms with E-state index in [1.54, 1.807) is 11.3 Å². The van der Waals surface area contributed by atoms with Gasteiger partial charge in [-0.05, 0) is 18.9 Å². The zero-order valence-corrected chi connectivity index (χ0v) is 13.1. The van der Waals surface area contributed by atoms with Gasteiger partial charge in [-0.1, -0.05) is 13.8 Å². The maximum atomic E-state index is 11.4. The predicted octanol–water partition coefficient (Wildman–Crippen LogP) is 1.23. The summed E-state index contributed by atoms with van der Waals surface area (Å²) < 4.78 is 22.9. The van der Waals surface area contributed by atoms with Gasteiger partial charge in [0.2, 0.25) is 0 Å². The molecule has 1 N–H and O–H groups in total. The van der Waals surface area contributed by atoms with Gasteiger partial charge in [0.05, 0.1) is 11.5 Å². The van der Waals surface area contributed by atoms with Crippen molar-refractivity contribution in [2.75, 3.05) is 24.6 Å². The second-order valence-electron chi connectivity index (χ2n) is 5.48. The summed E-state index contributed by atoms with van der Waals surface area (Å²) in [5.74, 6) is 1.25. The number of nitrogens with one attached hydrogen (secondary N) is 1. The molecule has 0 aliphatic carbocycles. The summed E-state index contributed by atoms with van der Waals surface area (Å²) >= 11 is 1.56. The van der Waals surface area contributed by atoms with E-state index in [1.165, 1.54) is 0 Å². The Morgan fingerprint density at radius 1 is 1.42 bits per heavy atom. The average Bonchev–Trinajstić information content (AvgIpc) is 2.90. The van der Waals surface area contributed by atoms with Crippen molar-refractivity contribution in [3.8, 4) is 0 Å². The minimum Gasteiger partial charge on any atom is -0.316 e. The molecule has 0 radical (unpaired) electrons. The second kappa shape index (κ2) is 6.28. The van der Waals surface area contributed by atoms with Gasteiger partial charge in [0.25, 0.3) is 0 Å². The van der Waals surface area contributed by atoms with Crippen molar-refractivity contribution in [2.45, 2.75) is 32.6 Å². The number of hydrogen-bond donors (Lipinski definition) is 1. The number of rotatable bonds is 6. The van der Waals surface area contributed by atoms with Crippen molar-refractivity contribution in [3.63, 3.8) is 0 Å². The summed E-state index contributed by atoms with van der Waals surface area (Å²) in [4.78, 5) is 0. The van der Waals surface area contributed by atoms with Gasteiger partial charge in [-0.2, -0.15) is 0 Å². The Labute approximate surface area is 118 Å². The van der Waals surface area contributed by atoms with Crippen molar-refractivity contribution >= 4 is 21.2 Å². The van der Waals surface area contributed by atoms with Crippen LogP contribution in [0.2, 0.25) is 0 Å². The monoisotopic (exact) mass is 303 g/mol. The molecule has 1 aliphatic heterocycles. The minimum atomic E-state index is -2.84. The molecule has 0 aromatic carbocycles. The van der Waals surface area contributed by atoms with E-state index in [9.17, 15) is 8.42 Å². The molecule has 0 bridgehead atoms. The molecule has 0 saturated carbocycles. The van der Waals surface area contributed by atoms with E-state index in [4.69, 9.17) is 0 Å². The normalized spacial score (nSPS) is 22.2. The lowest BCUT2D eigenvalue weighted by Crippen LogP contribution is -2.22. The summed E-state index contributed by atoms with van der Waals surface area (Å²) in [7, 11) is -2.84. The van der Waals surface area contributed by atoms with Gasteiger partial charge in [-0.3, -0.25) is 0 Å². The van der Waals surface area contributed by atoms with E-state index in [-0.39, 0.29) is 11.7 Å². The maximum absolute atomic E-state index is 11.4. The van der Waals surface area contributed by atoms with E-state index in [2.05, 4.69) is 29.4 Å². The second-order valence-corrected chi connectivity index (χ2v) is 8.80. The number of hydrogen-bond acceptors (Lipinski definition) is 6. The summed E-state index contributed by atoms with van der Waals surface area (Å²) in [5.41, 5.74) is 0. The molecule has 2 heterocycles. The summed E-state index contributed by atoms with van der Waals surface area (Å²) in [6.45, 7) is 6.26. The molecule has 19 heavy (non-hydrogen) atoms. The van der Waals surface area contributed by atoms with Gasteiger partial charge in [-0.15, -0.1) is 21.5 Å². The average molecular weight is 303 g/mol. The fourth-order valence-corrected chi connectivity index (χ4v) is 4.94. The highest BCUT2D eigenvalue weighted by atomic mass is 32.2. The van der Waals surface area contributed by atoms with Crippen molar-refractivity contribution < 1.29 is 8.42 Å². The third kappa shape index (κ3) is 4.50. The molecule has 5 nitrogen and oxygen atoms in total. The van der Waals surface area contributed by atoms with Crippen LogP contribution in [0.3, 0.4) is 0 Å². The highest BCUT2D eigenvalue weighted by Crippen LogP contribution is 2.30. The van der Waals surface area contributed by atoms with Gasteiger partial charge in [-0.25, -0.2) is 8.42 Å². The lowest BCUT2D eigenvalue weighted by Gasteiger charge is -2.05. The smallest absolute Gasteiger partial charge is 0.151 e. The van der Waals surface area contributed by atoms with Crippen LogP contribution < -0.4 is 5.32 Å². The molecule has 0 amide bonds.